The van der Waals surface area contributed by atoms with E-state index in [0.717, 1.165) is 17.5 Å². The van der Waals surface area contributed by atoms with Crippen molar-refractivity contribution in [1.29, 1.82) is 0 Å². The van der Waals surface area contributed by atoms with Crippen LogP contribution in [-0.4, -0.2) is 18.1 Å². The van der Waals surface area contributed by atoms with E-state index in [0.29, 0.717) is 6.04 Å². The van der Waals surface area contributed by atoms with Gasteiger partial charge in [0.25, 0.3) is 0 Å². The summed E-state index contributed by atoms with van der Waals surface area (Å²) in [5.74, 6) is 3.53. The zero-order valence-electron chi connectivity index (χ0n) is 11.0. The summed E-state index contributed by atoms with van der Waals surface area (Å²) in [7, 11) is 0. The predicted molar refractivity (Wildman–Crippen MR) is 82.5 cm³/mol. The Labute approximate surface area is 120 Å². The lowest BCUT2D eigenvalue weighted by atomic mass is 9.91. The number of thioether (sulfide) groups is 1. The van der Waals surface area contributed by atoms with Crippen LogP contribution in [0.2, 0.25) is 5.02 Å². The molecule has 1 aromatic carbocycles. The monoisotopic (exact) mass is 283 g/mol. The zero-order chi connectivity index (χ0) is 12.8. The SMILES string of the molecule is CCNC(CC1CCSCC1)c1cccc(Cl)c1. The smallest absolute Gasteiger partial charge is 0.0409 e. The van der Waals surface area contributed by atoms with Crippen molar-refractivity contribution in [3.05, 3.63) is 34.9 Å². The maximum atomic E-state index is 6.10. The predicted octanol–water partition coefficient (Wildman–Crippen LogP) is 4.52. The lowest BCUT2D eigenvalue weighted by molar-refractivity contribution is 0.374. The highest BCUT2D eigenvalue weighted by Crippen LogP contribution is 2.31. The van der Waals surface area contributed by atoms with Crippen LogP contribution >= 0.6 is 23.4 Å². The Hall–Kier alpha value is -0.180. The van der Waals surface area contributed by atoms with Crippen LogP contribution in [-0.2, 0) is 0 Å². The third-order valence-electron chi connectivity index (χ3n) is 3.61. The largest absolute Gasteiger partial charge is 0.310 e. The Balaban J connectivity index is 2.02. The third-order valence-corrected chi connectivity index (χ3v) is 4.90. The van der Waals surface area contributed by atoms with Gasteiger partial charge >= 0.3 is 0 Å². The van der Waals surface area contributed by atoms with Gasteiger partial charge in [0.2, 0.25) is 0 Å². The summed E-state index contributed by atoms with van der Waals surface area (Å²) >= 11 is 8.20. The highest BCUT2D eigenvalue weighted by Gasteiger charge is 2.19. The standard InChI is InChI=1S/C15H22ClNS/c1-2-17-15(10-12-6-8-18-9-7-12)13-4-3-5-14(16)11-13/h3-5,11-12,15,17H,2,6-10H2,1H3. The van der Waals surface area contributed by atoms with Gasteiger partial charge in [0.15, 0.2) is 0 Å². The van der Waals surface area contributed by atoms with Crippen molar-refractivity contribution >= 4 is 23.4 Å². The maximum absolute atomic E-state index is 6.10. The third kappa shape index (κ3) is 4.18. The van der Waals surface area contributed by atoms with E-state index in [9.17, 15) is 0 Å². The molecule has 3 heteroatoms. The second-order valence-corrected chi connectivity index (χ2v) is 6.62. The van der Waals surface area contributed by atoms with Crippen molar-refractivity contribution in [2.45, 2.75) is 32.2 Å². The molecular weight excluding hydrogens is 262 g/mol. The Bertz CT molecular complexity index is 363. The maximum Gasteiger partial charge on any atom is 0.0409 e. The molecule has 0 radical (unpaired) electrons. The molecular formula is C15H22ClNS. The Kier molecular flexibility index (Phi) is 5.87. The summed E-state index contributed by atoms with van der Waals surface area (Å²) in [4.78, 5) is 0. The van der Waals surface area contributed by atoms with E-state index >= 15 is 0 Å². The molecule has 0 aliphatic carbocycles. The van der Waals surface area contributed by atoms with E-state index < -0.39 is 0 Å². The molecule has 1 atom stereocenters. The van der Waals surface area contributed by atoms with Crippen molar-refractivity contribution < 1.29 is 0 Å². The Morgan fingerprint density at radius 1 is 1.39 bits per heavy atom. The molecule has 18 heavy (non-hydrogen) atoms. The van der Waals surface area contributed by atoms with E-state index in [1.165, 1.54) is 36.3 Å². The fraction of sp³-hybridized carbons (Fsp3) is 0.600. The molecule has 0 amide bonds. The number of rotatable bonds is 5. The molecule has 1 aliphatic rings. The normalized spacial score (nSPS) is 18.8. The molecule has 1 aliphatic heterocycles. The molecule has 0 spiro atoms. The second-order valence-electron chi connectivity index (χ2n) is 4.96. The Morgan fingerprint density at radius 2 is 2.17 bits per heavy atom. The topological polar surface area (TPSA) is 12.0 Å². The van der Waals surface area contributed by atoms with Crippen LogP contribution in [0, 0.1) is 5.92 Å². The molecule has 0 aromatic heterocycles. The van der Waals surface area contributed by atoms with E-state index in [1.54, 1.807) is 0 Å². The minimum Gasteiger partial charge on any atom is -0.310 e. The molecule has 1 N–H and O–H groups in total. The molecule has 2 rings (SSSR count). The van der Waals surface area contributed by atoms with Crippen molar-refractivity contribution in [3.63, 3.8) is 0 Å². The van der Waals surface area contributed by atoms with Crippen LogP contribution in [0.1, 0.15) is 37.8 Å². The van der Waals surface area contributed by atoms with Crippen LogP contribution in [0.25, 0.3) is 0 Å². The van der Waals surface area contributed by atoms with Gasteiger partial charge in [-0.1, -0.05) is 30.7 Å². The number of hydrogen-bond acceptors (Lipinski definition) is 2. The van der Waals surface area contributed by atoms with Crippen LogP contribution in [0.5, 0.6) is 0 Å². The van der Waals surface area contributed by atoms with Crippen molar-refractivity contribution in [2.24, 2.45) is 5.92 Å². The van der Waals surface area contributed by atoms with Gasteiger partial charge in [-0.3, -0.25) is 0 Å². The number of hydrogen-bond donors (Lipinski definition) is 1. The van der Waals surface area contributed by atoms with Gasteiger partial charge in [-0.2, -0.15) is 11.8 Å². The summed E-state index contributed by atoms with van der Waals surface area (Å²) < 4.78 is 0. The van der Waals surface area contributed by atoms with Crippen molar-refractivity contribution in [1.82, 2.24) is 5.32 Å². The average Bonchev–Trinajstić information content (AvgIpc) is 2.39. The first-order chi connectivity index (χ1) is 8.79. The lowest BCUT2D eigenvalue weighted by Crippen LogP contribution is -2.25. The molecule has 1 heterocycles. The van der Waals surface area contributed by atoms with Crippen LogP contribution in [0.3, 0.4) is 0 Å². The fourth-order valence-electron chi connectivity index (χ4n) is 2.62. The lowest BCUT2D eigenvalue weighted by Gasteiger charge is -2.27. The minimum absolute atomic E-state index is 0.460. The zero-order valence-corrected chi connectivity index (χ0v) is 12.6. The van der Waals surface area contributed by atoms with Crippen molar-refractivity contribution in [3.8, 4) is 0 Å². The van der Waals surface area contributed by atoms with E-state index in [-0.39, 0.29) is 0 Å². The molecule has 1 fully saturated rings. The fourth-order valence-corrected chi connectivity index (χ4v) is 4.03. The van der Waals surface area contributed by atoms with Crippen molar-refractivity contribution in [2.75, 3.05) is 18.1 Å². The van der Waals surface area contributed by atoms with Crippen LogP contribution in [0.4, 0.5) is 0 Å². The molecule has 1 nitrogen and oxygen atoms in total. The first kappa shape index (κ1) is 14.2. The molecule has 1 aromatic rings. The molecule has 100 valence electrons. The molecule has 0 saturated carbocycles. The van der Waals surface area contributed by atoms with E-state index in [4.69, 9.17) is 11.6 Å². The van der Waals surface area contributed by atoms with Gasteiger partial charge in [-0.25, -0.2) is 0 Å². The first-order valence-corrected chi connectivity index (χ1v) is 8.39. The first-order valence-electron chi connectivity index (χ1n) is 6.86. The Morgan fingerprint density at radius 3 is 2.83 bits per heavy atom. The van der Waals surface area contributed by atoms with Gasteiger partial charge < -0.3 is 5.32 Å². The summed E-state index contributed by atoms with van der Waals surface area (Å²) in [5, 5.41) is 4.45. The summed E-state index contributed by atoms with van der Waals surface area (Å²) in [6, 6.07) is 8.76. The molecule has 1 saturated heterocycles. The minimum atomic E-state index is 0.460. The highest BCUT2D eigenvalue weighted by atomic mass is 35.5. The number of halogens is 1. The highest BCUT2D eigenvalue weighted by molar-refractivity contribution is 7.99. The quantitative estimate of drug-likeness (QED) is 0.852. The van der Waals surface area contributed by atoms with Gasteiger partial charge in [-0.15, -0.1) is 0 Å². The average molecular weight is 284 g/mol. The number of nitrogens with one attached hydrogen (secondary N) is 1. The van der Waals surface area contributed by atoms with Crippen LogP contribution < -0.4 is 5.32 Å². The van der Waals surface area contributed by atoms with E-state index in [1.807, 2.05) is 6.07 Å². The molecule has 1 unspecified atom stereocenters. The van der Waals surface area contributed by atoms with E-state index in [2.05, 4.69) is 42.2 Å². The van der Waals surface area contributed by atoms with Gasteiger partial charge in [-0.05, 0) is 60.9 Å². The second kappa shape index (κ2) is 7.42. The summed E-state index contributed by atoms with van der Waals surface area (Å²) in [6.07, 6.45) is 3.98. The van der Waals surface area contributed by atoms with Gasteiger partial charge in [0, 0.05) is 11.1 Å². The number of benzene rings is 1. The van der Waals surface area contributed by atoms with Crippen LogP contribution in [0.15, 0.2) is 24.3 Å². The molecule has 0 bridgehead atoms. The van der Waals surface area contributed by atoms with Gasteiger partial charge in [0.1, 0.15) is 0 Å². The summed E-state index contributed by atoms with van der Waals surface area (Å²) in [5.41, 5.74) is 1.34. The summed E-state index contributed by atoms with van der Waals surface area (Å²) in [6.45, 7) is 3.19. The van der Waals surface area contributed by atoms with Gasteiger partial charge in [0.05, 0.1) is 0 Å².